The van der Waals surface area contributed by atoms with Crippen molar-refractivity contribution in [1.29, 1.82) is 0 Å². The van der Waals surface area contributed by atoms with E-state index in [0.717, 1.165) is 55.9 Å². The van der Waals surface area contributed by atoms with E-state index in [2.05, 4.69) is 25.7 Å². The maximum absolute atomic E-state index is 12.6. The maximum Gasteiger partial charge on any atom is 0.321 e. The number of nitrogens with one attached hydrogen (secondary N) is 2. The van der Waals surface area contributed by atoms with Crippen LogP contribution < -0.4 is 10.6 Å². The Bertz CT molecular complexity index is 913. The number of ketones is 1. The molecule has 7 nitrogen and oxygen atoms in total. The highest BCUT2D eigenvalue weighted by Crippen LogP contribution is 2.29. The third kappa shape index (κ3) is 5.61. The minimum atomic E-state index is -0.213. The molecule has 0 spiro atoms. The fourth-order valence-corrected chi connectivity index (χ4v) is 5.23. The molecule has 0 bridgehead atoms. The average Bonchev–Trinajstić information content (AvgIpc) is 3.19. The lowest BCUT2D eigenvalue weighted by atomic mass is 9.82. The predicted octanol–water partition coefficient (Wildman–Crippen LogP) is 4.25. The molecule has 1 saturated carbocycles. The van der Waals surface area contributed by atoms with Crippen molar-refractivity contribution in [2.24, 2.45) is 11.8 Å². The molecule has 4 rings (SSSR count). The quantitative estimate of drug-likeness (QED) is 0.602. The zero-order valence-electron chi connectivity index (χ0n) is 17.6. The number of Topliss-reactive ketones (excluding diaryl/α,β-unsaturated/α-hetero) is 1. The van der Waals surface area contributed by atoms with E-state index in [1.54, 1.807) is 24.3 Å². The number of anilines is 1. The molecular formula is C22H28ClN5O2S. The number of urea groups is 1. The first-order chi connectivity index (χ1) is 15.0. The Morgan fingerprint density at radius 2 is 1.90 bits per heavy atom. The number of aromatic nitrogens is 2. The number of nitrogens with zero attached hydrogens (tertiary/aromatic N) is 3. The number of hydrogen-bond acceptors (Lipinski definition) is 6. The second-order valence-corrected chi connectivity index (χ2v) is 9.89. The summed E-state index contributed by atoms with van der Waals surface area (Å²) in [5.74, 6) is 0.630. The first kappa shape index (κ1) is 22.2. The zero-order valence-corrected chi connectivity index (χ0v) is 19.2. The number of benzene rings is 1. The van der Waals surface area contributed by atoms with Crippen LogP contribution in [-0.4, -0.2) is 52.6 Å². The molecule has 2 N–H and O–H groups in total. The van der Waals surface area contributed by atoms with Gasteiger partial charge in [0.05, 0.1) is 0 Å². The van der Waals surface area contributed by atoms with Gasteiger partial charge in [0, 0.05) is 42.2 Å². The Morgan fingerprint density at radius 1 is 1.16 bits per heavy atom. The van der Waals surface area contributed by atoms with Crippen molar-refractivity contribution in [3.05, 3.63) is 39.9 Å². The summed E-state index contributed by atoms with van der Waals surface area (Å²) in [7, 11) is 0. The van der Waals surface area contributed by atoms with Gasteiger partial charge in [0.2, 0.25) is 5.13 Å². The van der Waals surface area contributed by atoms with Gasteiger partial charge in [0.1, 0.15) is 5.01 Å². The fourth-order valence-electron chi connectivity index (χ4n) is 4.43. The number of carbonyl (C=O) groups is 2. The van der Waals surface area contributed by atoms with Gasteiger partial charge in [-0.1, -0.05) is 42.7 Å². The topological polar surface area (TPSA) is 87.2 Å². The molecule has 1 aromatic carbocycles. The van der Waals surface area contributed by atoms with Crippen LogP contribution in [0.15, 0.2) is 24.3 Å². The van der Waals surface area contributed by atoms with E-state index in [0.29, 0.717) is 16.1 Å². The van der Waals surface area contributed by atoms with E-state index >= 15 is 0 Å². The molecule has 2 aromatic rings. The highest BCUT2D eigenvalue weighted by Gasteiger charge is 2.36. The summed E-state index contributed by atoms with van der Waals surface area (Å²) >= 11 is 7.33. The maximum atomic E-state index is 12.6. The molecule has 9 heteroatoms. The third-order valence-corrected chi connectivity index (χ3v) is 7.40. The van der Waals surface area contributed by atoms with E-state index in [1.807, 2.05) is 6.92 Å². The fraction of sp³-hybridized carbons (Fsp3) is 0.545. The van der Waals surface area contributed by atoms with Crippen molar-refractivity contribution >= 4 is 39.9 Å². The Morgan fingerprint density at radius 3 is 2.61 bits per heavy atom. The van der Waals surface area contributed by atoms with Gasteiger partial charge >= 0.3 is 6.03 Å². The van der Waals surface area contributed by atoms with Crippen molar-refractivity contribution in [2.75, 3.05) is 25.0 Å². The first-order valence-electron chi connectivity index (χ1n) is 10.9. The van der Waals surface area contributed by atoms with Crippen LogP contribution in [0.4, 0.5) is 9.93 Å². The minimum Gasteiger partial charge on any atom is -0.335 e. The molecule has 2 atom stereocenters. The summed E-state index contributed by atoms with van der Waals surface area (Å²) in [6.07, 6.45) is 5.19. The van der Waals surface area contributed by atoms with Crippen LogP contribution in [0.2, 0.25) is 5.02 Å². The van der Waals surface area contributed by atoms with Crippen LogP contribution in [0.1, 0.15) is 48.0 Å². The summed E-state index contributed by atoms with van der Waals surface area (Å²) in [5.41, 5.74) is 0.728. The molecule has 31 heavy (non-hydrogen) atoms. The Labute approximate surface area is 191 Å². The van der Waals surface area contributed by atoms with Crippen molar-refractivity contribution < 1.29 is 9.59 Å². The second kappa shape index (κ2) is 10.1. The minimum absolute atomic E-state index is 0.0460. The smallest absolute Gasteiger partial charge is 0.321 e. The van der Waals surface area contributed by atoms with Crippen molar-refractivity contribution in [1.82, 2.24) is 20.4 Å². The van der Waals surface area contributed by atoms with Gasteiger partial charge in [0.25, 0.3) is 0 Å². The van der Waals surface area contributed by atoms with Crippen molar-refractivity contribution in [3.63, 3.8) is 0 Å². The molecule has 0 radical (unpaired) electrons. The first-order valence-corrected chi connectivity index (χ1v) is 12.1. The number of rotatable bonds is 7. The van der Waals surface area contributed by atoms with Gasteiger partial charge in [0.15, 0.2) is 5.78 Å². The number of likely N-dealkylation sites (tertiary alicyclic amines) is 1. The lowest BCUT2D eigenvalue weighted by Crippen LogP contribution is -2.55. The van der Waals surface area contributed by atoms with Gasteiger partial charge < -0.3 is 10.2 Å². The second-order valence-electron chi connectivity index (χ2n) is 8.39. The third-order valence-electron chi connectivity index (χ3n) is 6.16. The van der Waals surface area contributed by atoms with Gasteiger partial charge in [-0.05, 0) is 49.4 Å². The number of aryl methyl sites for hydroxylation is 1. The molecule has 2 amide bonds. The summed E-state index contributed by atoms with van der Waals surface area (Å²) in [6.45, 7) is 4.48. The molecule has 1 aromatic heterocycles. The molecule has 2 fully saturated rings. The van der Waals surface area contributed by atoms with Crippen LogP contribution in [0.3, 0.4) is 0 Å². The predicted molar refractivity (Wildman–Crippen MR) is 123 cm³/mol. The van der Waals surface area contributed by atoms with Crippen LogP contribution in [0.5, 0.6) is 0 Å². The highest BCUT2D eigenvalue weighted by molar-refractivity contribution is 7.15. The molecule has 1 saturated heterocycles. The molecular weight excluding hydrogens is 434 g/mol. The van der Waals surface area contributed by atoms with E-state index in [4.69, 9.17) is 11.6 Å². The van der Waals surface area contributed by atoms with Crippen LogP contribution in [-0.2, 0) is 6.42 Å². The van der Waals surface area contributed by atoms with E-state index in [-0.39, 0.29) is 23.8 Å². The normalized spacial score (nSPS) is 22.0. The summed E-state index contributed by atoms with van der Waals surface area (Å²) < 4.78 is 0. The van der Waals surface area contributed by atoms with E-state index in [1.165, 1.54) is 17.8 Å². The number of hydrogen-bond donors (Lipinski definition) is 2. The van der Waals surface area contributed by atoms with Gasteiger partial charge in [-0.25, -0.2) is 4.79 Å². The zero-order chi connectivity index (χ0) is 21.8. The lowest BCUT2D eigenvalue weighted by Gasteiger charge is -2.43. The Kier molecular flexibility index (Phi) is 7.20. The summed E-state index contributed by atoms with van der Waals surface area (Å²) in [4.78, 5) is 27.4. The van der Waals surface area contributed by atoms with Crippen LogP contribution in [0.25, 0.3) is 0 Å². The largest absolute Gasteiger partial charge is 0.335 e. The number of halogens is 1. The van der Waals surface area contributed by atoms with Crippen molar-refractivity contribution in [3.8, 4) is 0 Å². The van der Waals surface area contributed by atoms with Gasteiger partial charge in [-0.3, -0.25) is 10.1 Å². The molecule has 1 aliphatic heterocycles. The van der Waals surface area contributed by atoms with Gasteiger partial charge in [-0.2, -0.15) is 0 Å². The van der Waals surface area contributed by atoms with E-state index in [9.17, 15) is 9.59 Å². The lowest BCUT2D eigenvalue weighted by molar-refractivity contribution is 0.0498. The van der Waals surface area contributed by atoms with Crippen LogP contribution >= 0.6 is 22.9 Å². The summed E-state index contributed by atoms with van der Waals surface area (Å²) in [5, 5.41) is 16.1. The SMILES string of the molecule is CCc1nnc(NC(=O)N[C@@H]2CCCC[C@@H]2CN2CC(C(=O)c3ccc(Cl)cc3)C2)s1. The summed E-state index contributed by atoms with van der Waals surface area (Å²) in [6, 6.07) is 7.05. The molecule has 2 heterocycles. The average molecular weight is 462 g/mol. The molecule has 1 aliphatic carbocycles. The number of carbonyl (C=O) groups excluding carboxylic acids is 2. The van der Waals surface area contributed by atoms with E-state index < -0.39 is 0 Å². The molecule has 0 unspecified atom stereocenters. The Hall–Kier alpha value is -2.03. The molecule has 2 aliphatic rings. The molecule has 166 valence electrons. The Balaban J connectivity index is 1.26. The van der Waals surface area contributed by atoms with Crippen LogP contribution in [0, 0.1) is 11.8 Å². The number of amides is 2. The van der Waals surface area contributed by atoms with Gasteiger partial charge in [-0.15, -0.1) is 10.2 Å². The standard InChI is InChI=1S/C22H28ClN5O2S/c1-2-19-26-27-22(31-19)25-21(30)24-18-6-4-3-5-15(18)11-28-12-16(13-28)20(29)14-7-9-17(23)10-8-14/h7-10,15-16,18H,2-6,11-13H2,1H3,(H2,24,25,27,30)/t15-,18-/m1/s1. The monoisotopic (exact) mass is 461 g/mol. The van der Waals surface area contributed by atoms with Crippen molar-refractivity contribution in [2.45, 2.75) is 45.1 Å². The highest BCUT2D eigenvalue weighted by atomic mass is 35.5.